The third-order valence-electron chi connectivity index (χ3n) is 2.78. The van der Waals surface area contributed by atoms with Crippen LogP contribution < -0.4 is 14.2 Å². The lowest BCUT2D eigenvalue weighted by molar-refractivity contribution is 0.295. The minimum Gasteiger partial charge on any atom is -0.497 e. The summed E-state index contributed by atoms with van der Waals surface area (Å²) in [6, 6.07) is 11.1. The number of pyridine rings is 1. The Kier molecular flexibility index (Phi) is 5.07. The van der Waals surface area contributed by atoms with E-state index >= 15 is 0 Å². The lowest BCUT2D eigenvalue weighted by Crippen LogP contribution is -2.01. The van der Waals surface area contributed by atoms with Gasteiger partial charge in [0.25, 0.3) is 0 Å². The predicted octanol–water partition coefficient (Wildman–Crippen LogP) is 3.42. The summed E-state index contributed by atoms with van der Waals surface area (Å²) < 4.78 is 16.0. The van der Waals surface area contributed by atoms with E-state index in [1.165, 1.54) is 0 Å². The maximum atomic E-state index is 5.92. The number of methoxy groups -OCH3 is 2. The number of ether oxygens (including phenoxy) is 3. The minimum atomic E-state index is 0.355. The van der Waals surface area contributed by atoms with Crippen LogP contribution >= 0.6 is 11.6 Å². The standard InChI is InChI=1S/C15H16ClNO3/c1-18-13-6-7-14(11(8-13)9-16)20-10-12-4-3-5-15(17-12)19-2/h3-8H,9-10H2,1-2H3. The van der Waals surface area contributed by atoms with Crippen molar-refractivity contribution in [3.05, 3.63) is 47.7 Å². The van der Waals surface area contributed by atoms with Crippen LogP contribution in [0.2, 0.25) is 0 Å². The SMILES string of the molecule is COc1ccc(OCc2cccc(OC)n2)c(CCl)c1. The Balaban J connectivity index is 2.10. The van der Waals surface area contributed by atoms with Gasteiger partial charge in [0.05, 0.1) is 25.8 Å². The summed E-state index contributed by atoms with van der Waals surface area (Å²) in [5.74, 6) is 2.41. The second-order valence-electron chi connectivity index (χ2n) is 4.07. The summed E-state index contributed by atoms with van der Waals surface area (Å²) in [6.45, 7) is 0.355. The van der Waals surface area contributed by atoms with Crippen molar-refractivity contribution in [1.29, 1.82) is 0 Å². The number of alkyl halides is 1. The predicted molar refractivity (Wildman–Crippen MR) is 77.7 cm³/mol. The van der Waals surface area contributed by atoms with Crippen molar-refractivity contribution in [1.82, 2.24) is 4.98 Å². The van der Waals surface area contributed by atoms with E-state index in [0.29, 0.717) is 18.4 Å². The summed E-state index contributed by atoms with van der Waals surface area (Å²) in [5, 5.41) is 0. The smallest absolute Gasteiger partial charge is 0.213 e. The molecule has 0 aliphatic rings. The highest BCUT2D eigenvalue weighted by Crippen LogP contribution is 2.26. The number of rotatable bonds is 6. The van der Waals surface area contributed by atoms with Crippen LogP contribution in [-0.2, 0) is 12.5 Å². The highest BCUT2D eigenvalue weighted by molar-refractivity contribution is 6.17. The maximum Gasteiger partial charge on any atom is 0.213 e. The molecule has 1 aromatic carbocycles. The molecule has 1 aromatic heterocycles. The Morgan fingerprint density at radius 3 is 2.65 bits per heavy atom. The summed E-state index contributed by atoms with van der Waals surface area (Å²) in [4.78, 5) is 4.29. The third kappa shape index (κ3) is 3.54. The molecule has 0 fully saturated rings. The van der Waals surface area contributed by atoms with Gasteiger partial charge in [-0.15, -0.1) is 11.6 Å². The Morgan fingerprint density at radius 1 is 1.10 bits per heavy atom. The molecule has 106 valence electrons. The van der Waals surface area contributed by atoms with Crippen molar-refractivity contribution in [2.24, 2.45) is 0 Å². The van der Waals surface area contributed by atoms with Gasteiger partial charge < -0.3 is 14.2 Å². The molecule has 20 heavy (non-hydrogen) atoms. The molecule has 0 unspecified atom stereocenters. The van der Waals surface area contributed by atoms with Crippen molar-refractivity contribution >= 4 is 11.6 Å². The van der Waals surface area contributed by atoms with Crippen molar-refractivity contribution in [3.63, 3.8) is 0 Å². The van der Waals surface area contributed by atoms with Crippen LogP contribution in [0.3, 0.4) is 0 Å². The molecular formula is C15H16ClNO3. The zero-order valence-corrected chi connectivity index (χ0v) is 12.2. The van der Waals surface area contributed by atoms with Crippen LogP contribution in [0.5, 0.6) is 17.4 Å². The molecule has 4 nitrogen and oxygen atoms in total. The summed E-state index contributed by atoms with van der Waals surface area (Å²) in [5.41, 5.74) is 1.68. The lowest BCUT2D eigenvalue weighted by atomic mass is 10.2. The average Bonchev–Trinajstić information content (AvgIpc) is 2.52. The van der Waals surface area contributed by atoms with Gasteiger partial charge in [0, 0.05) is 11.6 Å². The van der Waals surface area contributed by atoms with E-state index in [1.807, 2.05) is 30.3 Å². The van der Waals surface area contributed by atoms with Gasteiger partial charge in [-0.1, -0.05) is 6.07 Å². The normalized spacial score (nSPS) is 10.2. The molecule has 0 atom stereocenters. The van der Waals surface area contributed by atoms with Gasteiger partial charge >= 0.3 is 0 Å². The first-order valence-electron chi connectivity index (χ1n) is 6.12. The first kappa shape index (κ1) is 14.5. The molecule has 0 bridgehead atoms. The molecule has 0 amide bonds. The number of halogens is 1. The van der Waals surface area contributed by atoms with Gasteiger partial charge in [0.15, 0.2) is 0 Å². The quantitative estimate of drug-likeness (QED) is 0.765. The molecule has 0 spiro atoms. The fourth-order valence-corrected chi connectivity index (χ4v) is 1.94. The van der Waals surface area contributed by atoms with Gasteiger partial charge in [-0.05, 0) is 24.3 Å². The molecular weight excluding hydrogens is 278 g/mol. The second kappa shape index (κ2) is 7.01. The van der Waals surface area contributed by atoms with Gasteiger partial charge in [0.2, 0.25) is 5.88 Å². The number of hydrogen-bond donors (Lipinski definition) is 0. The fourth-order valence-electron chi connectivity index (χ4n) is 1.73. The van der Waals surface area contributed by atoms with Crippen molar-refractivity contribution in [2.45, 2.75) is 12.5 Å². The van der Waals surface area contributed by atoms with Gasteiger partial charge in [0.1, 0.15) is 18.1 Å². The highest BCUT2D eigenvalue weighted by atomic mass is 35.5. The van der Waals surface area contributed by atoms with Crippen LogP contribution in [0.1, 0.15) is 11.3 Å². The monoisotopic (exact) mass is 293 g/mol. The molecule has 0 radical (unpaired) electrons. The van der Waals surface area contributed by atoms with Crippen LogP contribution in [0.15, 0.2) is 36.4 Å². The van der Waals surface area contributed by atoms with E-state index in [1.54, 1.807) is 20.3 Å². The Morgan fingerprint density at radius 2 is 1.95 bits per heavy atom. The van der Waals surface area contributed by atoms with E-state index < -0.39 is 0 Å². The fraction of sp³-hybridized carbons (Fsp3) is 0.267. The first-order chi connectivity index (χ1) is 9.76. The molecule has 5 heteroatoms. The van der Waals surface area contributed by atoms with E-state index in [2.05, 4.69) is 4.98 Å². The van der Waals surface area contributed by atoms with Crippen molar-refractivity contribution in [3.8, 4) is 17.4 Å². The summed E-state index contributed by atoms with van der Waals surface area (Å²) in [7, 11) is 3.20. The lowest BCUT2D eigenvalue weighted by Gasteiger charge is -2.11. The summed E-state index contributed by atoms with van der Waals surface area (Å²) in [6.07, 6.45) is 0. The molecule has 0 N–H and O–H groups in total. The third-order valence-corrected chi connectivity index (χ3v) is 3.07. The Bertz CT molecular complexity index is 575. The van der Waals surface area contributed by atoms with Gasteiger partial charge in [-0.2, -0.15) is 0 Å². The van der Waals surface area contributed by atoms with E-state index in [-0.39, 0.29) is 0 Å². The number of nitrogens with zero attached hydrogens (tertiary/aromatic N) is 1. The number of benzene rings is 1. The minimum absolute atomic E-state index is 0.355. The zero-order valence-electron chi connectivity index (χ0n) is 11.4. The molecule has 0 aliphatic heterocycles. The molecule has 0 saturated heterocycles. The molecule has 1 heterocycles. The largest absolute Gasteiger partial charge is 0.497 e. The topological polar surface area (TPSA) is 40.6 Å². The second-order valence-corrected chi connectivity index (χ2v) is 4.33. The van der Waals surface area contributed by atoms with Crippen LogP contribution in [0, 0.1) is 0 Å². The molecule has 0 aliphatic carbocycles. The average molecular weight is 294 g/mol. The maximum absolute atomic E-state index is 5.92. The molecule has 2 rings (SSSR count). The Hall–Kier alpha value is -1.94. The van der Waals surface area contributed by atoms with Crippen molar-refractivity contribution < 1.29 is 14.2 Å². The molecule has 0 saturated carbocycles. The van der Waals surface area contributed by atoms with Gasteiger partial charge in [-0.3, -0.25) is 0 Å². The number of hydrogen-bond acceptors (Lipinski definition) is 4. The Labute approximate surface area is 123 Å². The van der Waals surface area contributed by atoms with E-state index in [0.717, 1.165) is 22.8 Å². The van der Waals surface area contributed by atoms with Crippen LogP contribution in [-0.4, -0.2) is 19.2 Å². The first-order valence-corrected chi connectivity index (χ1v) is 6.66. The number of aromatic nitrogens is 1. The van der Waals surface area contributed by atoms with Crippen molar-refractivity contribution in [2.75, 3.05) is 14.2 Å². The zero-order chi connectivity index (χ0) is 14.4. The molecule has 2 aromatic rings. The summed E-state index contributed by atoms with van der Waals surface area (Å²) >= 11 is 5.92. The highest BCUT2D eigenvalue weighted by Gasteiger charge is 2.06. The van der Waals surface area contributed by atoms with E-state index in [9.17, 15) is 0 Å². The van der Waals surface area contributed by atoms with Crippen LogP contribution in [0.4, 0.5) is 0 Å². The van der Waals surface area contributed by atoms with E-state index in [4.69, 9.17) is 25.8 Å². The van der Waals surface area contributed by atoms with Gasteiger partial charge in [-0.25, -0.2) is 4.98 Å². The van der Waals surface area contributed by atoms with Crippen LogP contribution in [0.25, 0.3) is 0 Å².